The predicted molar refractivity (Wildman–Crippen MR) is 128 cm³/mol. The van der Waals surface area contributed by atoms with Gasteiger partial charge in [0.25, 0.3) is 0 Å². The highest BCUT2D eigenvalue weighted by Gasteiger charge is 2.28. The highest BCUT2D eigenvalue weighted by molar-refractivity contribution is 8.00. The van der Waals surface area contributed by atoms with E-state index in [2.05, 4.69) is 24.4 Å². The Bertz CT molecular complexity index is 875. The molecule has 0 aromatic heterocycles. The van der Waals surface area contributed by atoms with Gasteiger partial charge in [-0.3, -0.25) is 9.59 Å². The Balaban J connectivity index is 1.71. The van der Waals surface area contributed by atoms with Crippen LogP contribution in [-0.2, 0) is 16.1 Å². The summed E-state index contributed by atoms with van der Waals surface area (Å²) < 4.78 is 0. The van der Waals surface area contributed by atoms with E-state index in [4.69, 9.17) is 0 Å². The third-order valence-corrected chi connectivity index (χ3v) is 7.10. The monoisotopic (exact) mass is 438 g/mol. The van der Waals surface area contributed by atoms with E-state index in [1.165, 1.54) is 36.6 Å². The largest absolute Gasteiger partial charge is 0.352 e. The fourth-order valence-electron chi connectivity index (χ4n) is 3.98. The number of rotatable bonds is 8. The minimum absolute atomic E-state index is 0.0138. The van der Waals surface area contributed by atoms with Gasteiger partial charge in [0.1, 0.15) is 6.04 Å². The van der Waals surface area contributed by atoms with Crippen molar-refractivity contribution in [2.24, 2.45) is 0 Å². The SMILES string of the molecule is Cc1ccc(SCC(=O)N(Cc2ccccc2C)C(C)C(=O)NC2CCCCC2)cc1. The van der Waals surface area contributed by atoms with Gasteiger partial charge in [0, 0.05) is 17.5 Å². The number of hydrogen-bond donors (Lipinski definition) is 1. The zero-order valence-corrected chi connectivity index (χ0v) is 19.7. The first-order chi connectivity index (χ1) is 14.9. The molecule has 3 rings (SSSR count). The molecule has 1 saturated carbocycles. The summed E-state index contributed by atoms with van der Waals surface area (Å²) in [6, 6.07) is 16.0. The third-order valence-electron chi connectivity index (χ3n) is 6.10. The van der Waals surface area contributed by atoms with E-state index in [9.17, 15) is 9.59 Å². The van der Waals surface area contributed by atoms with Crippen molar-refractivity contribution in [1.29, 1.82) is 0 Å². The van der Waals surface area contributed by atoms with Gasteiger partial charge >= 0.3 is 0 Å². The van der Waals surface area contributed by atoms with Gasteiger partial charge in [-0.1, -0.05) is 61.2 Å². The molecule has 1 aliphatic carbocycles. The number of benzene rings is 2. The lowest BCUT2D eigenvalue weighted by Gasteiger charge is -2.31. The lowest BCUT2D eigenvalue weighted by molar-refractivity contribution is -0.139. The number of carbonyl (C=O) groups excluding carboxylic acids is 2. The van der Waals surface area contributed by atoms with Gasteiger partial charge in [0.05, 0.1) is 5.75 Å². The van der Waals surface area contributed by atoms with Crippen molar-refractivity contribution in [1.82, 2.24) is 10.2 Å². The molecule has 1 atom stereocenters. The van der Waals surface area contributed by atoms with Crippen LogP contribution in [0.4, 0.5) is 0 Å². The molecule has 1 fully saturated rings. The first-order valence-corrected chi connectivity index (χ1v) is 12.3. The van der Waals surface area contributed by atoms with Crippen molar-refractivity contribution < 1.29 is 9.59 Å². The first-order valence-electron chi connectivity index (χ1n) is 11.3. The molecule has 0 spiro atoms. The van der Waals surface area contributed by atoms with Gasteiger partial charge in [-0.2, -0.15) is 0 Å². The van der Waals surface area contributed by atoms with Crippen LogP contribution in [0.3, 0.4) is 0 Å². The molecule has 1 aliphatic rings. The molecule has 166 valence electrons. The van der Waals surface area contributed by atoms with Crippen LogP contribution < -0.4 is 5.32 Å². The maximum Gasteiger partial charge on any atom is 0.242 e. The van der Waals surface area contributed by atoms with Crippen LogP contribution in [-0.4, -0.2) is 34.6 Å². The Morgan fingerprint density at radius 2 is 1.71 bits per heavy atom. The minimum atomic E-state index is -0.507. The second kappa shape index (κ2) is 11.4. The average molecular weight is 439 g/mol. The lowest BCUT2D eigenvalue weighted by Crippen LogP contribution is -2.50. The molecule has 0 aliphatic heterocycles. The Hall–Kier alpha value is -2.27. The van der Waals surface area contributed by atoms with E-state index in [0.717, 1.165) is 28.9 Å². The van der Waals surface area contributed by atoms with Gasteiger partial charge in [0.15, 0.2) is 0 Å². The van der Waals surface area contributed by atoms with Crippen LogP contribution in [0.5, 0.6) is 0 Å². The van der Waals surface area contributed by atoms with Crippen LogP contribution in [0.2, 0.25) is 0 Å². The van der Waals surface area contributed by atoms with Crippen molar-refractivity contribution in [2.45, 2.75) is 76.4 Å². The zero-order chi connectivity index (χ0) is 22.2. The maximum atomic E-state index is 13.3. The molecule has 4 nitrogen and oxygen atoms in total. The molecule has 0 heterocycles. The van der Waals surface area contributed by atoms with Gasteiger partial charge in [-0.25, -0.2) is 0 Å². The third kappa shape index (κ3) is 6.86. The first kappa shape index (κ1) is 23.4. The van der Waals surface area contributed by atoms with Crippen molar-refractivity contribution in [3.8, 4) is 0 Å². The number of thioether (sulfide) groups is 1. The molecule has 1 N–H and O–H groups in total. The minimum Gasteiger partial charge on any atom is -0.352 e. The van der Waals surface area contributed by atoms with E-state index in [0.29, 0.717) is 12.3 Å². The summed E-state index contributed by atoms with van der Waals surface area (Å²) in [5.41, 5.74) is 3.41. The van der Waals surface area contributed by atoms with Crippen molar-refractivity contribution in [3.05, 3.63) is 65.2 Å². The number of aryl methyl sites for hydroxylation is 2. The summed E-state index contributed by atoms with van der Waals surface area (Å²) in [5, 5.41) is 3.19. The van der Waals surface area contributed by atoms with Gasteiger partial charge in [-0.15, -0.1) is 11.8 Å². The fourth-order valence-corrected chi connectivity index (χ4v) is 4.77. The second-order valence-corrected chi connectivity index (χ2v) is 9.62. The van der Waals surface area contributed by atoms with Gasteiger partial charge in [-0.05, 0) is 56.9 Å². The van der Waals surface area contributed by atoms with Crippen LogP contribution >= 0.6 is 11.8 Å². The average Bonchev–Trinajstić information content (AvgIpc) is 2.78. The Morgan fingerprint density at radius 3 is 2.39 bits per heavy atom. The maximum absolute atomic E-state index is 13.3. The quantitative estimate of drug-likeness (QED) is 0.572. The molecule has 0 saturated heterocycles. The van der Waals surface area contributed by atoms with E-state index in [1.807, 2.05) is 50.2 Å². The van der Waals surface area contributed by atoms with Crippen molar-refractivity contribution in [3.63, 3.8) is 0 Å². The summed E-state index contributed by atoms with van der Waals surface area (Å²) in [5.74, 6) is 0.255. The van der Waals surface area contributed by atoms with Crippen LogP contribution in [0.15, 0.2) is 53.4 Å². The van der Waals surface area contributed by atoms with Crippen molar-refractivity contribution >= 4 is 23.6 Å². The topological polar surface area (TPSA) is 49.4 Å². The Morgan fingerprint density at radius 1 is 1.03 bits per heavy atom. The Kier molecular flexibility index (Phi) is 8.59. The van der Waals surface area contributed by atoms with Crippen molar-refractivity contribution in [2.75, 3.05) is 5.75 Å². The molecule has 2 aromatic carbocycles. The molecule has 2 aromatic rings. The molecular formula is C26H34N2O2S. The number of carbonyl (C=O) groups is 2. The summed E-state index contributed by atoms with van der Waals surface area (Å²) in [7, 11) is 0. The van der Waals surface area contributed by atoms with Crippen LogP contribution in [0.1, 0.15) is 55.7 Å². The smallest absolute Gasteiger partial charge is 0.242 e. The number of amides is 2. The highest BCUT2D eigenvalue weighted by Crippen LogP contribution is 2.22. The summed E-state index contributed by atoms with van der Waals surface area (Å²) >= 11 is 1.52. The molecule has 2 amide bonds. The lowest BCUT2D eigenvalue weighted by atomic mass is 9.95. The van der Waals surface area contributed by atoms with E-state index in [-0.39, 0.29) is 17.9 Å². The number of hydrogen-bond acceptors (Lipinski definition) is 3. The van der Waals surface area contributed by atoms with E-state index < -0.39 is 6.04 Å². The second-order valence-electron chi connectivity index (χ2n) is 8.57. The Labute approximate surface area is 190 Å². The van der Waals surface area contributed by atoms with Gasteiger partial charge in [0.2, 0.25) is 11.8 Å². The zero-order valence-electron chi connectivity index (χ0n) is 18.9. The molecular weight excluding hydrogens is 404 g/mol. The predicted octanol–water partition coefficient (Wildman–Crippen LogP) is 5.26. The van der Waals surface area contributed by atoms with Gasteiger partial charge < -0.3 is 10.2 Å². The number of nitrogens with zero attached hydrogens (tertiary/aromatic N) is 1. The fraction of sp³-hybridized carbons (Fsp3) is 0.462. The normalized spacial score (nSPS) is 15.3. The molecule has 1 unspecified atom stereocenters. The molecule has 0 bridgehead atoms. The summed E-state index contributed by atoms with van der Waals surface area (Å²) in [6.45, 7) is 6.39. The van der Waals surface area contributed by atoms with Crippen LogP contribution in [0.25, 0.3) is 0 Å². The highest BCUT2D eigenvalue weighted by atomic mass is 32.2. The number of nitrogens with one attached hydrogen (secondary N) is 1. The van der Waals surface area contributed by atoms with E-state index >= 15 is 0 Å². The standard InChI is InChI=1S/C26H34N2O2S/c1-19-13-15-24(16-14-19)31-18-25(29)28(17-22-10-8-7-9-20(22)2)21(3)26(30)27-23-11-5-4-6-12-23/h7-10,13-16,21,23H,4-6,11-12,17-18H2,1-3H3,(H,27,30). The molecule has 0 radical (unpaired) electrons. The molecule has 31 heavy (non-hydrogen) atoms. The molecule has 5 heteroatoms. The summed E-state index contributed by atoms with van der Waals surface area (Å²) in [6.07, 6.45) is 5.65. The van der Waals surface area contributed by atoms with E-state index in [1.54, 1.807) is 4.90 Å². The van der Waals surface area contributed by atoms with Crippen LogP contribution in [0, 0.1) is 13.8 Å². The summed E-state index contributed by atoms with van der Waals surface area (Å²) in [4.78, 5) is 29.1.